The van der Waals surface area contributed by atoms with Gasteiger partial charge in [-0.15, -0.1) is 0 Å². The van der Waals surface area contributed by atoms with Gasteiger partial charge in [0.2, 0.25) is 0 Å². The summed E-state index contributed by atoms with van der Waals surface area (Å²) in [5.41, 5.74) is 8.22. The molecule has 0 atom stereocenters. The topological polar surface area (TPSA) is 3.24 Å². The summed E-state index contributed by atoms with van der Waals surface area (Å²) >= 11 is 0. The van der Waals surface area contributed by atoms with Crippen LogP contribution in [0.25, 0.3) is 76.1 Å². The molecule has 0 spiro atoms. The highest BCUT2D eigenvalue weighted by molar-refractivity contribution is 6.21. The van der Waals surface area contributed by atoms with E-state index in [2.05, 4.69) is 205 Å². The fraction of sp³-hybridized carbons (Fsp3) is 0. The van der Waals surface area contributed by atoms with E-state index in [1.165, 1.54) is 76.1 Å². The third-order valence-corrected chi connectivity index (χ3v) is 10.4. The van der Waals surface area contributed by atoms with E-state index in [-0.39, 0.29) is 0 Å². The Labute approximate surface area is 297 Å². The summed E-state index contributed by atoms with van der Waals surface area (Å²) < 4.78 is 0. The van der Waals surface area contributed by atoms with Crippen LogP contribution < -0.4 is 4.90 Å². The van der Waals surface area contributed by atoms with Crippen molar-refractivity contribution in [1.82, 2.24) is 0 Å². The molecule has 0 saturated carbocycles. The van der Waals surface area contributed by atoms with Crippen LogP contribution in [0.15, 0.2) is 200 Å². The van der Waals surface area contributed by atoms with Crippen LogP contribution in [0.1, 0.15) is 0 Å². The number of nitrogens with zero attached hydrogens (tertiary/aromatic N) is 1. The SMILES string of the molecule is c1ccc(-c2cccc(N(c3ccc(-c4cc5ccccc5c5ccccc45)cc3)c3cc4c5ccccc5ccc4c4ccccc34)c2)cc1. The standard InChI is InChI=1S/C50H33N/c1-2-13-34(14-3-1)37-17-12-18-40(31-37)51(50-33-49-41-19-6-4-15-35(41)27-30-46(49)44-22-10-11-24-47(44)50)39-28-25-36(26-29-39)48-32-38-16-5-7-20-42(38)43-21-8-9-23-45(43)48/h1-33H. The lowest BCUT2D eigenvalue weighted by atomic mass is 9.93. The van der Waals surface area contributed by atoms with Crippen molar-refractivity contribution in [3.63, 3.8) is 0 Å². The molecule has 10 aromatic carbocycles. The van der Waals surface area contributed by atoms with E-state index in [9.17, 15) is 0 Å². The molecular formula is C50H33N. The highest BCUT2D eigenvalue weighted by Crippen LogP contribution is 2.45. The lowest BCUT2D eigenvalue weighted by Crippen LogP contribution is -2.11. The molecule has 0 fully saturated rings. The number of hydrogen-bond donors (Lipinski definition) is 0. The molecule has 0 aromatic heterocycles. The smallest absolute Gasteiger partial charge is 0.0546 e. The molecule has 10 aromatic rings. The minimum atomic E-state index is 1.11. The average Bonchev–Trinajstić information content (AvgIpc) is 3.21. The van der Waals surface area contributed by atoms with Gasteiger partial charge in [-0.25, -0.2) is 0 Å². The third kappa shape index (κ3) is 4.94. The predicted molar refractivity (Wildman–Crippen MR) is 220 cm³/mol. The molecule has 0 amide bonds. The molecule has 0 radical (unpaired) electrons. The maximum atomic E-state index is 2.44. The molecule has 0 aliphatic carbocycles. The Morgan fingerprint density at radius 1 is 0.255 bits per heavy atom. The van der Waals surface area contributed by atoms with E-state index < -0.39 is 0 Å². The monoisotopic (exact) mass is 647 g/mol. The van der Waals surface area contributed by atoms with E-state index in [0.717, 1.165) is 17.1 Å². The van der Waals surface area contributed by atoms with Crippen LogP contribution in [0, 0.1) is 0 Å². The molecule has 0 unspecified atom stereocenters. The first-order chi connectivity index (χ1) is 25.3. The summed E-state index contributed by atoms with van der Waals surface area (Å²) in [6.45, 7) is 0. The first-order valence-corrected chi connectivity index (χ1v) is 17.6. The lowest BCUT2D eigenvalue weighted by Gasteiger charge is -2.28. The molecule has 0 aliphatic heterocycles. The van der Waals surface area contributed by atoms with Gasteiger partial charge in [-0.2, -0.15) is 0 Å². The van der Waals surface area contributed by atoms with Crippen LogP contribution in [0.5, 0.6) is 0 Å². The van der Waals surface area contributed by atoms with Gasteiger partial charge in [-0.05, 0) is 107 Å². The van der Waals surface area contributed by atoms with E-state index in [0.29, 0.717) is 0 Å². The van der Waals surface area contributed by atoms with Crippen LogP contribution in [0.3, 0.4) is 0 Å². The van der Waals surface area contributed by atoms with Crippen molar-refractivity contribution in [2.45, 2.75) is 0 Å². The van der Waals surface area contributed by atoms with Crippen LogP contribution in [0.4, 0.5) is 17.1 Å². The number of fused-ring (bicyclic) bond motifs is 8. The van der Waals surface area contributed by atoms with Crippen molar-refractivity contribution in [2.24, 2.45) is 0 Å². The maximum Gasteiger partial charge on any atom is 0.0546 e. The minimum absolute atomic E-state index is 1.11. The molecule has 10 rings (SSSR count). The first-order valence-electron chi connectivity index (χ1n) is 17.6. The van der Waals surface area contributed by atoms with Gasteiger partial charge in [0.05, 0.1) is 5.69 Å². The molecule has 1 heteroatoms. The van der Waals surface area contributed by atoms with Crippen molar-refractivity contribution in [3.8, 4) is 22.3 Å². The summed E-state index contributed by atoms with van der Waals surface area (Å²) in [6.07, 6.45) is 0. The maximum absolute atomic E-state index is 2.44. The van der Waals surface area contributed by atoms with Gasteiger partial charge >= 0.3 is 0 Å². The Morgan fingerprint density at radius 3 is 1.59 bits per heavy atom. The Morgan fingerprint density at radius 2 is 0.824 bits per heavy atom. The van der Waals surface area contributed by atoms with E-state index in [1.54, 1.807) is 0 Å². The number of hydrogen-bond acceptors (Lipinski definition) is 1. The number of anilines is 3. The fourth-order valence-corrected chi connectivity index (χ4v) is 7.99. The third-order valence-electron chi connectivity index (χ3n) is 10.4. The second kappa shape index (κ2) is 12.0. The van der Waals surface area contributed by atoms with Gasteiger partial charge in [0.25, 0.3) is 0 Å². The summed E-state index contributed by atoms with van der Waals surface area (Å²) in [5, 5.41) is 12.6. The van der Waals surface area contributed by atoms with Gasteiger partial charge in [-0.1, -0.05) is 164 Å². The van der Waals surface area contributed by atoms with Crippen LogP contribution in [0.2, 0.25) is 0 Å². The normalized spacial score (nSPS) is 11.5. The molecule has 51 heavy (non-hydrogen) atoms. The summed E-state index contributed by atoms with van der Waals surface area (Å²) in [4.78, 5) is 2.44. The van der Waals surface area contributed by atoms with Gasteiger partial charge in [0.1, 0.15) is 0 Å². The fourth-order valence-electron chi connectivity index (χ4n) is 7.99. The number of benzene rings is 10. The Hall–Kier alpha value is -6.70. The van der Waals surface area contributed by atoms with Crippen molar-refractivity contribution < 1.29 is 0 Å². The van der Waals surface area contributed by atoms with Crippen molar-refractivity contribution in [1.29, 1.82) is 0 Å². The van der Waals surface area contributed by atoms with E-state index >= 15 is 0 Å². The zero-order valence-electron chi connectivity index (χ0n) is 28.0. The molecular weight excluding hydrogens is 615 g/mol. The largest absolute Gasteiger partial charge is 0.310 e. The van der Waals surface area contributed by atoms with Crippen molar-refractivity contribution >= 4 is 70.9 Å². The molecule has 0 heterocycles. The van der Waals surface area contributed by atoms with Gasteiger partial charge < -0.3 is 4.90 Å². The second-order valence-electron chi connectivity index (χ2n) is 13.3. The first kappa shape index (κ1) is 29.2. The van der Waals surface area contributed by atoms with E-state index in [4.69, 9.17) is 0 Å². The molecule has 0 saturated heterocycles. The number of rotatable bonds is 5. The van der Waals surface area contributed by atoms with E-state index in [1.807, 2.05) is 0 Å². The molecule has 238 valence electrons. The predicted octanol–water partition coefficient (Wildman–Crippen LogP) is 14.3. The Balaban J connectivity index is 1.21. The summed E-state index contributed by atoms with van der Waals surface area (Å²) in [7, 11) is 0. The Bertz CT molecular complexity index is 2900. The van der Waals surface area contributed by atoms with Crippen LogP contribution in [-0.2, 0) is 0 Å². The Kier molecular flexibility index (Phi) is 6.89. The van der Waals surface area contributed by atoms with Gasteiger partial charge in [-0.3, -0.25) is 0 Å². The molecule has 0 aliphatic rings. The summed E-state index contributed by atoms with van der Waals surface area (Å²) in [5.74, 6) is 0. The minimum Gasteiger partial charge on any atom is -0.310 e. The second-order valence-corrected chi connectivity index (χ2v) is 13.3. The van der Waals surface area contributed by atoms with Gasteiger partial charge in [0.15, 0.2) is 0 Å². The summed E-state index contributed by atoms with van der Waals surface area (Å²) in [6, 6.07) is 73.1. The zero-order chi connectivity index (χ0) is 33.7. The van der Waals surface area contributed by atoms with Crippen LogP contribution >= 0.6 is 0 Å². The van der Waals surface area contributed by atoms with Crippen LogP contribution in [-0.4, -0.2) is 0 Å². The highest BCUT2D eigenvalue weighted by Gasteiger charge is 2.19. The van der Waals surface area contributed by atoms with Crippen molar-refractivity contribution in [2.75, 3.05) is 4.90 Å². The van der Waals surface area contributed by atoms with Gasteiger partial charge in [0, 0.05) is 16.8 Å². The average molecular weight is 648 g/mol. The molecule has 0 N–H and O–H groups in total. The quantitative estimate of drug-likeness (QED) is 0.168. The van der Waals surface area contributed by atoms with Crippen molar-refractivity contribution in [3.05, 3.63) is 200 Å². The lowest BCUT2D eigenvalue weighted by molar-refractivity contribution is 1.30. The molecule has 0 bridgehead atoms. The molecule has 1 nitrogen and oxygen atoms in total. The highest BCUT2D eigenvalue weighted by atomic mass is 15.1. The zero-order valence-corrected chi connectivity index (χ0v) is 28.0.